The molecule has 3 N–H and O–H groups in total. The summed E-state index contributed by atoms with van der Waals surface area (Å²) in [4.78, 5) is 23.5. The molecule has 0 amide bonds. The Kier molecular flexibility index (Phi) is 11.8. The fourth-order valence-corrected chi connectivity index (χ4v) is 4.22. The summed E-state index contributed by atoms with van der Waals surface area (Å²) in [5, 5.41) is 27.9. The van der Waals surface area contributed by atoms with Gasteiger partial charge in [0.1, 0.15) is 5.78 Å². The zero-order valence-electron chi connectivity index (χ0n) is 19.1. The van der Waals surface area contributed by atoms with E-state index in [0.717, 1.165) is 32.1 Å². The highest BCUT2D eigenvalue weighted by Crippen LogP contribution is 2.35. The van der Waals surface area contributed by atoms with Gasteiger partial charge in [-0.2, -0.15) is 0 Å². The van der Waals surface area contributed by atoms with Gasteiger partial charge < -0.3 is 20.1 Å². The number of ketones is 1. The maximum atomic E-state index is 12.3. The smallest absolute Gasteiger partial charge is 0.364 e. The van der Waals surface area contributed by atoms with Crippen LogP contribution in [0.1, 0.15) is 91.4 Å². The van der Waals surface area contributed by atoms with Gasteiger partial charge in [-0.15, -0.1) is 0 Å². The molecule has 6 nitrogen and oxygen atoms in total. The molecule has 0 aromatic carbocycles. The van der Waals surface area contributed by atoms with E-state index in [4.69, 9.17) is 14.9 Å². The van der Waals surface area contributed by atoms with E-state index in [0.29, 0.717) is 30.0 Å². The first-order chi connectivity index (χ1) is 14.1. The molecule has 0 radical (unpaired) electrons. The van der Waals surface area contributed by atoms with E-state index in [2.05, 4.69) is 32.9 Å². The average Bonchev–Trinajstić information content (AvgIpc) is 3.04. The van der Waals surface area contributed by atoms with Crippen LogP contribution in [0, 0.1) is 17.3 Å². The number of allylic oxidation sites excluding steroid dienone is 2. The van der Waals surface area contributed by atoms with Gasteiger partial charge in [-0.3, -0.25) is 4.79 Å². The normalized spacial score (nSPS) is 22.0. The lowest BCUT2D eigenvalue weighted by atomic mass is 9.83. The molecule has 0 heterocycles. The third-order valence-electron chi connectivity index (χ3n) is 6.21. The van der Waals surface area contributed by atoms with E-state index < -0.39 is 11.8 Å². The van der Waals surface area contributed by atoms with Crippen molar-refractivity contribution in [3.05, 3.63) is 12.2 Å². The summed E-state index contributed by atoms with van der Waals surface area (Å²) in [7, 11) is 0. The maximum absolute atomic E-state index is 12.3. The van der Waals surface area contributed by atoms with Gasteiger partial charge in [0, 0.05) is 18.8 Å². The Labute approximate surface area is 181 Å². The van der Waals surface area contributed by atoms with Crippen molar-refractivity contribution in [1.82, 2.24) is 0 Å². The number of aliphatic hydroxyl groups is 2. The quantitative estimate of drug-likeness (QED) is 0.191. The number of carboxylic acid groups (broad SMARTS) is 1. The van der Waals surface area contributed by atoms with Crippen LogP contribution >= 0.6 is 0 Å². The van der Waals surface area contributed by atoms with Crippen molar-refractivity contribution >= 4 is 11.8 Å². The molecule has 1 rings (SSSR count). The Bertz CT molecular complexity index is 556. The molecule has 0 bridgehead atoms. The standard InChI is InChI=1S/C24H42O6/c1-4-5-14-23(2,3)15-9-10-19-12-13-21(26)20(19)11-7-6-8-16-24(29,22(27)28)30-18-17-25/h9-10,19-20,25,29H,4-8,11-18H2,1-3H3,(H,27,28)/t19-,20+,24?/m0/s1. The molecule has 0 aliphatic heterocycles. The van der Waals surface area contributed by atoms with Crippen molar-refractivity contribution in [1.29, 1.82) is 0 Å². The van der Waals surface area contributed by atoms with Crippen LogP contribution in [-0.4, -0.2) is 46.1 Å². The Morgan fingerprint density at radius 2 is 1.93 bits per heavy atom. The number of hydrogen-bond acceptors (Lipinski definition) is 5. The first kappa shape index (κ1) is 26.8. The molecular formula is C24H42O6. The lowest BCUT2D eigenvalue weighted by Crippen LogP contribution is -2.42. The Morgan fingerprint density at radius 3 is 2.57 bits per heavy atom. The number of ether oxygens (including phenoxy) is 1. The minimum absolute atomic E-state index is 0.0306. The number of aliphatic hydroxyl groups excluding tert-OH is 1. The first-order valence-corrected chi connectivity index (χ1v) is 11.5. The highest BCUT2D eigenvalue weighted by Gasteiger charge is 2.37. The van der Waals surface area contributed by atoms with Crippen LogP contribution in [0.2, 0.25) is 0 Å². The lowest BCUT2D eigenvalue weighted by Gasteiger charge is -2.23. The van der Waals surface area contributed by atoms with Crippen LogP contribution in [0.25, 0.3) is 0 Å². The largest absolute Gasteiger partial charge is 0.477 e. The van der Waals surface area contributed by atoms with Crippen LogP contribution in [-0.2, 0) is 14.3 Å². The average molecular weight is 427 g/mol. The Hall–Kier alpha value is -1.24. The SMILES string of the molecule is CCCCC(C)(C)CC=C[C@H]1CCC(=O)[C@@H]1CCCCCC(O)(OCCO)C(=O)O. The monoisotopic (exact) mass is 426 g/mol. The van der Waals surface area contributed by atoms with Gasteiger partial charge >= 0.3 is 5.97 Å². The van der Waals surface area contributed by atoms with E-state index in [1.807, 2.05) is 0 Å². The van der Waals surface area contributed by atoms with Crippen molar-refractivity contribution in [3.63, 3.8) is 0 Å². The molecule has 1 fully saturated rings. The van der Waals surface area contributed by atoms with E-state index in [1.54, 1.807) is 0 Å². The minimum atomic E-state index is -2.25. The molecule has 30 heavy (non-hydrogen) atoms. The summed E-state index contributed by atoms with van der Waals surface area (Å²) in [6.45, 7) is 6.25. The second-order valence-corrected chi connectivity index (χ2v) is 9.44. The first-order valence-electron chi connectivity index (χ1n) is 11.5. The molecule has 1 unspecified atom stereocenters. The summed E-state index contributed by atoms with van der Waals surface area (Å²) in [5.41, 5.74) is 0.295. The summed E-state index contributed by atoms with van der Waals surface area (Å²) < 4.78 is 4.89. The van der Waals surface area contributed by atoms with Crippen LogP contribution in [0.15, 0.2) is 12.2 Å². The van der Waals surface area contributed by atoms with Gasteiger partial charge in [0.25, 0.3) is 5.79 Å². The molecule has 6 heteroatoms. The van der Waals surface area contributed by atoms with Gasteiger partial charge in [-0.05, 0) is 43.4 Å². The summed E-state index contributed by atoms with van der Waals surface area (Å²) in [5.74, 6) is -2.98. The van der Waals surface area contributed by atoms with Crippen LogP contribution in [0.5, 0.6) is 0 Å². The third kappa shape index (κ3) is 9.27. The van der Waals surface area contributed by atoms with E-state index in [-0.39, 0.29) is 25.6 Å². The summed E-state index contributed by atoms with van der Waals surface area (Å²) in [6, 6.07) is 0. The van der Waals surface area contributed by atoms with E-state index >= 15 is 0 Å². The molecule has 0 spiro atoms. The van der Waals surface area contributed by atoms with Crippen LogP contribution < -0.4 is 0 Å². The second kappa shape index (κ2) is 13.2. The van der Waals surface area contributed by atoms with Crippen molar-refractivity contribution in [2.45, 2.75) is 97.2 Å². The van der Waals surface area contributed by atoms with E-state index in [9.17, 15) is 14.7 Å². The van der Waals surface area contributed by atoms with Gasteiger partial charge in [-0.1, -0.05) is 58.6 Å². The van der Waals surface area contributed by atoms with Gasteiger partial charge in [0.15, 0.2) is 0 Å². The van der Waals surface area contributed by atoms with Crippen LogP contribution in [0.3, 0.4) is 0 Å². The summed E-state index contributed by atoms with van der Waals surface area (Å²) in [6.07, 6.45) is 13.6. The summed E-state index contributed by atoms with van der Waals surface area (Å²) >= 11 is 0. The molecule has 3 atom stereocenters. The molecule has 174 valence electrons. The zero-order chi connectivity index (χ0) is 22.6. The second-order valence-electron chi connectivity index (χ2n) is 9.44. The highest BCUT2D eigenvalue weighted by atomic mass is 16.6. The van der Waals surface area contributed by atoms with Gasteiger partial charge in [0.05, 0.1) is 13.2 Å². The molecule has 1 aliphatic carbocycles. The molecule has 1 aliphatic rings. The number of carbonyl (C=O) groups excluding carboxylic acids is 1. The molecular weight excluding hydrogens is 384 g/mol. The number of unbranched alkanes of at least 4 members (excludes halogenated alkanes) is 3. The number of carbonyl (C=O) groups is 2. The van der Waals surface area contributed by atoms with Crippen molar-refractivity contribution in [2.75, 3.05) is 13.2 Å². The molecule has 0 aromatic rings. The number of Topliss-reactive ketones (excluding diaryl/α,β-unsaturated/α-hetero) is 1. The fraction of sp³-hybridized carbons (Fsp3) is 0.833. The Balaban J connectivity index is 2.43. The van der Waals surface area contributed by atoms with Crippen molar-refractivity contribution in [2.24, 2.45) is 17.3 Å². The molecule has 1 saturated carbocycles. The number of hydrogen-bond donors (Lipinski definition) is 3. The van der Waals surface area contributed by atoms with Gasteiger partial charge in [-0.25, -0.2) is 4.79 Å². The molecule has 0 aromatic heterocycles. The van der Waals surface area contributed by atoms with Crippen molar-refractivity contribution < 1.29 is 29.6 Å². The van der Waals surface area contributed by atoms with Crippen LogP contribution in [0.4, 0.5) is 0 Å². The highest BCUT2D eigenvalue weighted by molar-refractivity contribution is 5.83. The topological polar surface area (TPSA) is 104 Å². The Morgan fingerprint density at radius 1 is 1.20 bits per heavy atom. The lowest BCUT2D eigenvalue weighted by molar-refractivity contribution is -0.228. The van der Waals surface area contributed by atoms with Crippen molar-refractivity contribution in [3.8, 4) is 0 Å². The number of carboxylic acids is 1. The predicted molar refractivity (Wildman–Crippen MR) is 117 cm³/mol. The number of rotatable bonds is 16. The maximum Gasteiger partial charge on any atom is 0.364 e. The predicted octanol–water partition coefficient (Wildman–Crippen LogP) is 4.48. The minimum Gasteiger partial charge on any atom is -0.477 e. The zero-order valence-corrected chi connectivity index (χ0v) is 19.1. The van der Waals surface area contributed by atoms with E-state index in [1.165, 1.54) is 19.3 Å². The molecule has 0 saturated heterocycles. The fourth-order valence-electron chi connectivity index (χ4n) is 4.22. The number of aliphatic carboxylic acids is 1. The third-order valence-corrected chi connectivity index (χ3v) is 6.21. The van der Waals surface area contributed by atoms with Gasteiger partial charge in [0.2, 0.25) is 0 Å².